The van der Waals surface area contributed by atoms with Crippen molar-refractivity contribution in [1.29, 1.82) is 0 Å². The van der Waals surface area contributed by atoms with E-state index >= 15 is 0 Å². The second kappa shape index (κ2) is 9.57. The van der Waals surface area contributed by atoms with Crippen LogP contribution in [0.2, 0.25) is 0 Å². The first kappa shape index (κ1) is 22.2. The number of nitrogens with zero attached hydrogens (tertiary/aromatic N) is 2. The summed E-state index contributed by atoms with van der Waals surface area (Å²) in [6, 6.07) is 19.7. The van der Waals surface area contributed by atoms with Crippen molar-refractivity contribution in [1.82, 2.24) is 4.98 Å². The molecule has 1 aromatic heterocycles. The Hall–Kier alpha value is -3.45. The molecule has 1 amide bonds. The van der Waals surface area contributed by atoms with Crippen LogP contribution in [0.25, 0.3) is 5.57 Å². The number of hydrogen-bond donors (Lipinski definition) is 1. The second-order valence-corrected chi connectivity index (χ2v) is 8.60. The molecule has 0 aliphatic heterocycles. The normalized spacial score (nSPS) is 10.9. The first-order valence-corrected chi connectivity index (χ1v) is 10.6. The minimum absolute atomic E-state index is 0.108. The van der Waals surface area contributed by atoms with Crippen LogP contribution < -0.4 is 4.90 Å². The van der Waals surface area contributed by atoms with Gasteiger partial charge in [0.15, 0.2) is 10.8 Å². The van der Waals surface area contributed by atoms with Crippen LogP contribution in [0.3, 0.4) is 0 Å². The van der Waals surface area contributed by atoms with Gasteiger partial charge < -0.3 is 9.84 Å². The van der Waals surface area contributed by atoms with Crippen molar-refractivity contribution < 1.29 is 19.4 Å². The molecule has 0 atom stereocenters. The molecular formula is C24H24N2O4S. The van der Waals surface area contributed by atoms with Gasteiger partial charge in [-0.3, -0.25) is 0 Å². The van der Waals surface area contributed by atoms with Crippen molar-refractivity contribution >= 4 is 34.1 Å². The summed E-state index contributed by atoms with van der Waals surface area (Å²) >= 11 is 1.09. The average Bonchev–Trinajstić information content (AvgIpc) is 3.21. The molecular weight excluding hydrogens is 412 g/mol. The molecule has 0 saturated carbocycles. The van der Waals surface area contributed by atoms with E-state index in [1.165, 1.54) is 10.3 Å². The number of carboxylic acid groups (broad SMARTS) is 1. The van der Waals surface area contributed by atoms with Gasteiger partial charge in [0.1, 0.15) is 5.60 Å². The van der Waals surface area contributed by atoms with E-state index in [9.17, 15) is 14.7 Å². The Labute approximate surface area is 185 Å². The molecule has 3 aromatic rings. The molecule has 0 unspecified atom stereocenters. The fraction of sp³-hybridized carbons (Fsp3) is 0.208. The van der Waals surface area contributed by atoms with Crippen LogP contribution in [-0.4, -0.2) is 34.3 Å². The van der Waals surface area contributed by atoms with Crippen LogP contribution in [-0.2, 0) is 4.74 Å². The van der Waals surface area contributed by atoms with E-state index in [1.807, 2.05) is 66.7 Å². The van der Waals surface area contributed by atoms with E-state index < -0.39 is 17.7 Å². The van der Waals surface area contributed by atoms with E-state index in [0.29, 0.717) is 0 Å². The minimum atomic E-state index is -1.14. The number of carbonyl (C=O) groups is 2. The smallest absolute Gasteiger partial charge is 0.416 e. The summed E-state index contributed by atoms with van der Waals surface area (Å²) in [5.41, 5.74) is 2.15. The lowest BCUT2D eigenvalue weighted by Crippen LogP contribution is -2.37. The summed E-state index contributed by atoms with van der Waals surface area (Å²) in [5, 5.41) is 10.9. The Kier molecular flexibility index (Phi) is 6.87. The van der Waals surface area contributed by atoms with Crippen molar-refractivity contribution in [3.8, 4) is 0 Å². The highest BCUT2D eigenvalue weighted by Crippen LogP contribution is 2.26. The molecule has 6 nitrogen and oxygen atoms in total. The number of ether oxygens (including phenoxy) is 1. The van der Waals surface area contributed by atoms with Crippen LogP contribution >= 0.6 is 11.3 Å². The highest BCUT2D eigenvalue weighted by Gasteiger charge is 2.26. The van der Waals surface area contributed by atoms with E-state index in [1.54, 1.807) is 20.8 Å². The Morgan fingerprint density at radius 1 is 1.03 bits per heavy atom. The van der Waals surface area contributed by atoms with Crippen LogP contribution in [0.5, 0.6) is 0 Å². The lowest BCUT2D eigenvalue weighted by atomic mass is 9.97. The number of carboxylic acids is 1. The van der Waals surface area contributed by atoms with Gasteiger partial charge in [0.25, 0.3) is 0 Å². The van der Waals surface area contributed by atoms with Crippen LogP contribution in [0.4, 0.5) is 9.93 Å². The molecule has 0 radical (unpaired) electrons. The molecule has 1 N–H and O–H groups in total. The summed E-state index contributed by atoms with van der Waals surface area (Å²) in [6.45, 7) is 5.51. The van der Waals surface area contributed by atoms with Crippen molar-refractivity contribution in [2.75, 3.05) is 11.4 Å². The standard InChI is InChI=1S/C24H24N2O4S/c1-24(2,3)30-23(29)26(22-25-20(16-31-22)21(27)28)15-14-19(17-10-6-4-7-11-17)18-12-8-5-9-13-18/h4-14,16H,15H2,1-3H3,(H,27,28). The summed E-state index contributed by atoms with van der Waals surface area (Å²) < 4.78 is 5.54. The molecule has 0 bridgehead atoms. The average molecular weight is 437 g/mol. The van der Waals surface area contributed by atoms with Gasteiger partial charge >= 0.3 is 12.1 Å². The number of aromatic nitrogens is 1. The topological polar surface area (TPSA) is 79.7 Å². The fourth-order valence-corrected chi connectivity index (χ4v) is 3.65. The van der Waals surface area contributed by atoms with Gasteiger partial charge in [0.2, 0.25) is 0 Å². The van der Waals surface area contributed by atoms with Gasteiger partial charge in [-0.25, -0.2) is 19.5 Å². The quantitative estimate of drug-likeness (QED) is 0.535. The van der Waals surface area contributed by atoms with E-state index in [2.05, 4.69) is 4.98 Å². The van der Waals surface area contributed by atoms with Gasteiger partial charge in [0.05, 0.1) is 6.54 Å². The Morgan fingerprint density at radius 3 is 2.03 bits per heavy atom. The van der Waals surface area contributed by atoms with Crippen LogP contribution in [0.15, 0.2) is 72.1 Å². The number of anilines is 1. The Bertz CT molecular complexity index is 1030. The van der Waals surface area contributed by atoms with E-state index in [-0.39, 0.29) is 17.4 Å². The molecule has 3 rings (SSSR count). The predicted octanol–water partition coefficient (Wildman–Crippen LogP) is 5.71. The summed E-state index contributed by atoms with van der Waals surface area (Å²) in [4.78, 5) is 29.6. The zero-order valence-corrected chi connectivity index (χ0v) is 18.4. The Morgan fingerprint density at radius 2 is 1.58 bits per heavy atom. The van der Waals surface area contributed by atoms with E-state index in [0.717, 1.165) is 28.0 Å². The van der Waals surface area contributed by atoms with Crippen molar-refractivity contribution in [2.24, 2.45) is 0 Å². The highest BCUT2D eigenvalue weighted by molar-refractivity contribution is 7.14. The maximum Gasteiger partial charge on any atom is 0.416 e. The lowest BCUT2D eigenvalue weighted by molar-refractivity contribution is 0.0582. The highest BCUT2D eigenvalue weighted by atomic mass is 32.1. The molecule has 0 aliphatic rings. The number of thiazole rings is 1. The molecule has 0 saturated heterocycles. The molecule has 0 spiro atoms. The minimum Gasteiger partial charge on any atom is -0.476 e. The number of amides is 1. The zero-order valence-electron chi connectivity index (χ0n) is 17.6. The second-order valence-electron chi connectivity index (χ2n) is 7.76. The summed E-state index contributed by atoms with van der Waals surface area (Å²) in [7, 11) is 0. The van der Waals surface area contributed by atoms with Crippen LogP contribution in [0.1, 0.15) is 42.4 Å². The number of hydrogen-bond acceptors (Lipinski definition) is 5. The van der Waals surface area contributed by atoms with Gasteiger partial charge in [-0.1, -0.05) is 66.7 Å². The maximum absolute atomic E-state index is 12.9. The third-order valence-electron chi connectivity index (χ3n) is 4.20. The molecule has 7 heteroatoms. The van der Waals surface area contributed by atoms with Crippen molar-refractivity contribution in [2.45, 2.75) is 26.4 Å². The number of benzene rings is 2. The summed E-state index contributed by atoms with van der Waals surface area (Å²) in [6.07, 6.45) is 1.34. The van der Waals surface area contributed by atoms with Gasteiger partial charge in [-0.15, -0.1) is 11.3 Å². The first-order valence-electron chi connectivity index (χ1n) is 9.75. The lowest BCUT2D eigenvalue weighted by Gasteiger charge is -2.25. The molecule has 1 heterocycles. The fourth-order valence-electron chi connectivity index (χ4n) is 2.85. The zero-order chi connectivity index (χ0) is 22.4. The molecule has 0 aliphatic carbocycles. The SMILES string of the molecule is CC(C)(C)OC(=O)N(CC=C(c1ccccc1)c1ccccc1)c1nc(C(=O)O)cs1. The predicted molar refractivity (Wildman–Crippen MR) is 123 cm³/mol. The maximum atomic E-state index is 12.9. The largest absolute Gasteiger partial charge is 0.476 e. The molecule has 0 fully saturated rings. The first-order chi connectivity index (χ1) is 14.7. The third kappa shape index (κ3) is 6.02. The van der Waals surface area contributed by atoms with Gasteiger partial charge in [-0.05, 0) is 37.5 Å². The molecule has 160 valence electrons. The third-order valence-corrected chi connectivity index (χ3v) is 5.07. The van der Waals surface area contributed by atoms with Crippen molar-refractivity contribution in [3.05, 3.63) is 88.9 Å². The van der Waals surface area contributed by atoms with Gasteiger partial charge in [-0.2, -0.15) is 0 Å². The number of carbonyl (C=O) groups excluding carboxylic acids is 1. The number of rotatable bonds is 6. The van der Waals surface area contributed by atoms with Crippen LogP contribution in [0, 0.1) is 0 Å². The molecule has 2 aromatic carbocycles. The molecule has 31 heavy (non-hydrogen) atoms. The number of aromatic carboxylic acids is 1. The van der Waals surface area contributed by atoms with E-state index in [4.69, 9.17) is 4.74 Å². The van der Waals surface area contributed by atoms with Gasteiger partial charge in [0, 0.05) is 5.38 Å². The van der Waals surface area contributed by atoms with Crippen molar-refractivity contribution in [3.63, 3.8) is 0 Å². The monoisotopic (exact) mass is 436 g/mol. The summed E-state index contributed by atoms with van der Waals surface area (Å²) in [5.74, 6) is -1.14. The Balaban J connectivity index is 2.00.